The van der Waals surface area contributed by atoms with Gasteiger partial charge in [0.2, 0.25) is 11.3 Å². The summed E-state index contributed by atoms with van der Waals surface area (Å²) in [5.41, 5.74) is 6.13. The first-order valence-corrected chi connectivity index (χ1v) is 8.89. The normalized spacial score (nSPS) is 17.5. The molecule has 1 aliphatic rings. The van der Waals surface area contributed by atoms with E-state index in [0.717, 1.165) is 12.1 Å². The summed E-state index contributed by atoms with van der Waals surface area (Å²) in [7, 11) is 0. The summed E-state index contributed by atoms with van der Waals surface area (Å²) in [6.45, 7) is 1.55. The molecule has 3 rings (SSSR count). The third-order valence-corrected chi connectivity index (χ3v) is 5.11. The minimum Gasteiger partial charge on any atom is -0.369 e. The van der Waals surface area contributed by atoms with E-state index < -0.39 is 23.0 Å². The topological polar surface area (TPSA) is 87.6 Å². The van der Waals surface area contributed by atoms with Crippen molar-refractivity contribution in [2.75, 3.05) is 36.8 Å². The van der Waals surface area contributed by atoms with Crippen LogP contribution in [0, 0.1) is 0 Å². The summed E-state index contributed by atoms with van der Waals surface area (Å²) in [6.07, 6.45) is -1.27. The molecule has 1 saturated heterocycles. The Labute approximate surface area is 150 Å². The third-order valence-electron chi connectivity index (χ3n) is 4.30. The number of nitrogens with zero attached hydrogens (tertiary/aromatic N) is 4. The third kappa shape index (κ3) is 4.00. The Morgan fingerprint density at radius 2 is 1.92 bits per heavy atom. The zero-order chi connectivity index (χ0) is 18.9. The SMILES string of the molecule is Nc1nccn1Cc1ccc(C(F)(F)F)cc1N1CCN(S(=O)O)CC1. The van der Waals surface area contributed by atoms with Gasteiger partial charge in [-0.25, -0.2) is 9.19 Å². The Hall–Kier alpha value is -2.11. The zero-order valence-corrected chi connectivity index (χ0v) is 14.5. The molecule has 142 valence electrons. The standard InChI is InChI=1S/C15H18F3N5O2S/c16-15(17,18)12-2-1-11(10-22-4-3-20-14(22)19)13(9-12)21-5-7-23(8-6-21)26(24)25/h1-4,9H,5-8,10H2,(H2,19,20)(H,24,25). The zero-order valence-electron chi connectivity index (χ0n) is 13.7. The highest BCUT2D eigenvalue weighted by molar-refractivity contribution is 7.76. The van der Waals surface area contributed by atoms with Crippen molar-refractivity contribution in [3.05, 3.63) is 41.7 Å². The molecule has 0 spiro atoms. The Morgan fingerprint density at radius 1 is 1.23 bits per heavy atom. The average Bonchev–Trinajstić information content (AvgIpc) is 2.99. The van der Waals surface area contributed by atoms with Gasteiger partial charge in [0.05, 0.1) is 12.1 Å². The van der Waals surface area contributed by atoms with Crippen molar-refractivity contribution in [1.82, 2.24) is 13.9 Å². The van der Waals surface area contributed by atoms with Crippen molar-refractivity contribution in [1.29, 1.82) is 0 Å². The van der Waals surface area contributed by atoms with E-state index in [9.17, 15) is 17.4 Å². The summed E-state index contributed by atoms with van der Waals surface area (Å²) in [5.74, 6) is 0.274. The second-order valence-corrected chi connectivity index (χ2v) is 6.88. The van der Waals surface area contributed by atoms with E-state index in [0.29, 0.717) is 24.3 Å². The minimum absolute atomic E-state index is 0.274. The van der Waals surface area contributed by atoms with Crippen molar-refractivity contribution in [2.24, 2.45) is 0 Å². The summed E-state index contributed by atoms with van der Waals surface area (Å²) in [6, 6.07) is 3.60. The molecule has 1 fully saturated rings. The first-order chi connectivity index (χ1) is 12.3. The number of benzene rings is 1. The van der Waals surface area contributed by atoms with Gasteiger partial charge in [0, 0.05) is 44.3 Å². The smallest absolute Gasteiger partial charge is 0.369 e. The Bertz CT molecular complexity index is 803. The van der Waals surface area contributed by atoms with Crippen LogP contribution in [0.2, 0.25) is 0 Å². The predicted molar refractivity (Wildman–Crippen MR) is 91.7 cm³/mol. The molecular formula is C15H18F3N5O2S. The molecule has 7 nitrogen and oxygen atoms in total. The summed E-state index contributed by atoms with van der Waals surface area (Å²) < 4.78 is 62.7. The van der Waals surface area contributed by atoms with Crippen LogP contribution >= 0.6 is 0 Å². The van der Waals surface area contributed by atoms with Crippen molar-refractivity contribution < 1.29 is 21.9 Å². The number of rotatable bonds is 4. The molecule has 0 aliphatic carbocycles. The molecule has 0 saturated carbocycles. The van der Waals surface area contributed by atoms with Gasteiger partial charge >= 0.3 is 6.18 Å². The summed E-state index contributed by atoms with van der Waals surface area (Å²) >= 11 is -2.08. The number of nitrogen functional groups attached to an aromatic ring is 1. The van der Waals surface area contributed by atoms with Crippen LogP contribution in [0.4, 0.5) is 24.8 Å². The highest BCUT2D eigenvalue weighted by Gasteiger charge is 2.32. The van der Waals surface area contributed by atoms with Crippen molar-refractivity contribution >= 4 is 22.9 Å². The van der Waals surface area contributed by atoms with E-state index >= 15 is 0 Å². The van der Waals surface area contributed by atoms with Crippen molar-refractivity contribution in [2.45, 2.75) is 12.7 Å². The molecule has 26 heavy (non-hydrogen) atoms. The number of alkyl halides is 3. The molecule has 2 heterocycles. The first kappa shape index (κ1) is 18.7. The molecule has 1 aromatic heterocycles. The number of imidazole rings is 1. The van der Waals surface area contributed by atoms with Gasteiger partial charge in [-0.05, 0) is 17.7 Å². The Balaban J connectivity index is 1.92. The minimum atomic E-state index is -4.45. The number of halogens is 3. The molecule has 0 radical (unpaired) electrons. The lowest BCUT2D eigenvalue weighted by Gasteiger charge is -2.35. The van der Waals surface area contributed by atoms with Gasteiger partial charge in [-0.1, -0.05) is 6.07 Å². The number of anilines is 2. The molecule has 2 aromatic rings. The van der Waals surface area contributed by atoms with Gasteiger partial charge in [0.15, 0.2) is 5.95 Å². The highest BCUT2D eigenvalue weighted by atomic mass is 32.2. The van der Waals surface area contributed by atoms with Crippen LogP contribution < -0.4 is 10.6 Å². The maximum Gasteiger partial charge on any atom is 0.416 e. The van der Waals surface area contributed by atoms with Crippen LogP contribution in [-0.2, 0) is 24.0 Å². The van der Waals surface area contributed by atoms with Crippen LogP contribution in [-0.4, -0.2) is 48.8 Å². The van der Waals surface area contributed by atoms with Crippen LogP contribution in [0.1, 0.15) is 11.1 Å². The van der Waals surface area contributed by atoms with E-state index in [1.54, 1.807) is 15.7 Å². The maximum absolute atomic E-state index is 13.1. The van der Waals surface area contributed by atoms with E-state index in [1.807, 2.05) is 0 Å². The second kappa shape index (κ2) is 7.25. The fourth-order valence-corrected chi connectivity index (χ4v) is 3.39. The number of nitrogens with two attached hydrogens (primary N) is 1. The van der Waals surface area contributed by atoms with Gasteiger partial charge in [-0.2, -0.15) is 17.5 Å². The van der Waals surface area contributed by atoms with Crippen molar-refractivity contribution in [3.8, 4) is 0 Å². The number of hydrogen-bond donors (Lipinski definition) is 2. The van der Waals surface area contributed by atoms with Gasteiger partial charge in [-0.3, -0.25) is 4.55 Å². The average molecular weight is 389 g/mol. The molecular weight excluding hydrogens is 371 g/mol. The quantitative estimate of drug-likeness (QED) is 0.779. The molecule has 1 unspecified atom stereocenters. The number of piperazine rings is 1. The fraction of sp³-hybridized carbons (Fsp3) is 0.400. The number of aromatic nitrogens is 2. The lowest BCUT2D eigenvalue weighted by molar-refractivity contribution is -0.137. The van der Waals surface area contributed by atoms with E-state index in [1.165, 1.54) is 16.6 Å². The van der Waals surface area contributed by atoms with E-state index in [2.05, 4.69) is 4.98 Å². The van der Waals surface area contributed by atoms with Gasteiger partial charge < -0.3 is 15.2 Å². The van der Waals surface area contributed by atoms with Crippen LogP contribution in [0.15, 0.2) is 30.6 Å². The van der Waals surface area contributed by atoms with Crippen molar-refractivity contribution in [3.63, 3.8) is 0 Å². The van der Waals surface area contributed by atoms with Gasteiger partial charge in [-0.15, -0.1) is 0 Å². The lowest BCUT2D eigenvalue weighted by Crippen LogP contribution is -2.47. The molecule has 1 aliphatic heterocycles. The second-order valence-electron chi connectivity index (χ2n) is 5.90. The molecule has 0 bridgehead atoms. The molecule has 3 N–H and O–H groups in total. The highest BCUT2D eigenvalue weighted by Crippen LogP contribution is 2.34. The Morgan fingerprint density at radius 3 is 2.46 bits per heavy atom. The van der Waals surface area contributed by atoms with Crippen LogP contribution in [0.25, 0.3) is 0 Å². The Kier molecular flexibility index (Phi) is 5.21. The lowest BCUT2D eigenvalue weighted by atomic mass is 10.1. The fourth-order valence-electron chi connectivity index (χ4n) is 2.91. The largest absolute Gasteiger partial charge is 0.416 e. The first-order valence-electron chi connectivity index (χ1n) is 7.83. The van der Waals surface area contributed by atoms with Gasteiger partial charge in [0.25, 0.3) is 0 Å². The summed E-state index contributed by atoms with van der Waals surface area (Å²) in [4.78, 5) is 5.71. The van der Waals surface area contributed by atoms with Gasteiger partial charge in [0.1, 0.15) is 0 Å². The predicted octanol–water partition coefficient (Wildman–Crippen LogP) is 1.79. The summed E-state index contributed by atoms with van der Waals surface area (Å²) in [5, 5.41) is 0. The molecule has 11 heteroatoms. The molecule has 1 atom stereocenters. The molecule has 1 aromatic carbocycles. The monoisotopic (exact) mass is 389 g/mol. The van der Waals surface area contributed by atoms with Crippen LogP contribution in [0.3, 0.4) is 0 Å². The molecule has 0 amide bonds. The van der Waals surface area contributed by atoms with E-state index in [4.69, 9.17) is 10.3 Å². The van der Waals surface area contributed by atoms with Crippen LogP contribution in [0.5, 0.6) is 0 Å². The number of hydrogen-bond acceptors (Lipinski definition) is 4. The maximum atomic E-state index is 13.1. The van der Waals surface area contributed by atoms with E-state index in [-0.39, 0.29) is 25.6 Å².